The van der Waals surface area contributed by atoms with E-state index in [1.54, 1.807) is 0 Å². The van der Waals surface area contributed by atoms with E-state index in [4.69, 9.17) is 0 Å². The Morgan fingerprint density at radius 3 is 2.33 bits per heavy atom. The number of anilines is 1. The Morgan fingerprint density at radius 1 is 1.10 bits per heavy atom. The Kier molecular flexibility index (Phi) is 7.83. The third-order valence-electron chi connectivity index (χ3n) is 3.47. The van der Waals surface area contributed by atoms with Crippen molar-refractivity contribution in [1.29, 1.82) is 0 Å². The predicted molar refractivity (Wildman–Crippen MR) is 89.7 cm³/mol. The summed E-state index contributed by atoms with van der Waals surface area (Å²) in [6.45, 7) is 9.46. The molecule has 1 rings (SSSR count). The van der Waals surface area contributed by atoms with E-state index in [-0.39, 0.29) is 12.1 Å². The summed E-state index contributed by atoms with van der Waals surface area (Å²) in [6, 6.07) is 8.40. The van der Waals surface area contributed by atoms with Gasteiger partial charge in [0, 0.05) is 17.8 Å². The quantitative estimate of drug-likeness (QED) is 0.676. The molecular formula is C17H29N3O. The number of amides is 2. The molecule has 0 saturated heterocycles. The van der Waals surface area contributed by atoms with Crippen molar-refractivity contribution in [2.75, 3.05) is 11.9 Å². The van der Waals surface area contributed by atoms with Crippen LogP contribution in [0.25, 0.3) is 0 Å². The predicted octanol–water partition coefficient (Wildman–Crippen LogP) is 4.06. The molecule has 2 atom stereocenters. The third-order valence-corrected chi connectivity index (χ3v) is 3.47. The molecule has 3 N–H and O–H groups in total. The lowest BCUT2D eigenvalue weighted by molar-refractivity contribution is 0.248. The molecule has 4 nitrogen and oxygen atoms in total. The number of hydrogen-bond donors (Lipinski definition) is 3. The van der Waals surface area contributed by atoms with Gasteiger partial charge in [0.2, 0.25) is 0 Å². The molecule has 0 fully saturated rings. The zero-order valence-corrected chi connectivity index (χ0v) is 13.7. The van der Waals surface area contributed by atoms with Gasteiger partial charge in [-0.05, 0) is 50.9 Å². The molecule has 1 aromatic rings. The molecule has 2 amide bonds. The molecule has 0 aromatic heterocycles. The van der Waals surface area contributed by atoms with Gasteiger partial charge in [0.15, 0.2) is 0 Å². The first-order valence-electron chi connectivity index (χ1n) is 7.97. The highest BCUT2D eigenvalue weighted by molar-refractivity contribution is 5.89. The minimum atomic E-state index is -0.138. The van der Waals surface area contributed by atoms with Crippen LogP contribution in [-0.2, 0) is 0 Å². The van der Waals surface area contributed by atoms with E-state index in [1.165, 1.54) is 5.56 Å². The van der Waals surface area contributed by atoms with Crippen LogP contribution in [0.15, 0.2) is 24.3 Å². The van der Waals surface area contributed by atoms with E-state index >= 15 is 0 Å². The summed E-state index contributed by atoms with van der Waals surface area (Å²) >= 11 is 0. The lowest BCUT2D eigenvalue weighted by atomic mass is 10.1. The number of carbonyl (C=O) groups excluding carboxylic acids is 1. The standard InChI is InChI=1S/C17H29N3O/c1-5-7-13(3)19-17(21)20-16-10-8-15(9-11-16)14(4)18-12-6-2/h8-11,13-14,18H,5-7,12H2,1-4H3,(H2,19,20,21). The van der Waals surface area contributed by atoms with E-state index < -0.39 is 0 Å². The smallest absolute Gasteiger partial charge is 0.319 e. The molecule has 2 unspecified atom stereocenters. The molecule has 118 valence electrons. The van der Waals surface area contributed by atoms with Crippen molar-refractivity contribution in [3.8, 4) is 0 Å². The summed E-state index contributed by atoms with van der Waals surface area (Å²) in [5.41, 5.74) is 2.05. The summed E-state index contributed by atoms with van der Waals surface area (Å²) in [5.74, 6) is 0. The summed E-state index contributed by atoms with van der Waals surface area (Å²) < 4.78 is 0. The molecule has 0 spiro atoms. The van der Waals surface area contributed by atoms with Crippen LogP contribution < -0.4 is 16.0 Å². The highest BCUT2D eigenvalue weighted by atomic mass is 16.2. The van der Waals surface area contributed by atoms with E-state index in [0.717, 1.165) is 31.5 Å². The molecule has 0 bridgehead atoms. The van der Waals surface area contributed by atoms with Gasteiger partial charge in [0.05, 0.1) is 0 Å². The first-order chi connectivity index (χ1) is 10.1. The monoisotopic (exact) mass is 291 g/mol. The lowest BCUT2D eigenvalue weighted by Crippen LogP contribution is -2.35. The Labute approximate surface area is 128 Å². The van der Waals surface area contributed by atoms with E-state index in [9.17, 15) is 4.79 Å². The number of urea groups is 1. The van der Waals surface area contributed by atoms with Gasteiger partial charge in [-0.1, -0.05) is 32.4 Å². The molecule has 1 aromatic carbocycles. The zero-order valence-electron chi connectivity index (χ0n) is 13.7. The number of hydrogen-bond acceptors (Lipinski definition) is 2. The number of carbonyl (C=O) groups is 1. The topological polar surface area (TPSA) is 53.2 Å². The van der Waals surface area contributed by atoms with Crippen molar-refractivity contribution in [3.05, 3.63) is 29.8 Å². The van der Waals surface area contributed by atoms with Crippen molar-refractivity contribution in [2.45, 2.75) is 59.0 Å². The van der Waals surface area contributed by atoms with Crippen molar-refractivity contribution in [3.63, 3.8) is 0 Å². The van der Waals surface area contributed by atoms with Crippen LogP contribution >= 0.6 is 0 Å². The van der Waals surface area contributed by atoms with Crippen LogP contribution in [0.1, 0.15) is 58.6 Å². The number of nitrogens with one attached hydrogen (secondary N) is 3. The molecule has 0 heterocycles. The Hall–Kier alpha value is -1.55. The van der Waals surface area contributed by atoms with Gasteiger partial charge in [-0.2, -0.15) is 0 Å². The van der Waals surface area contributed by atoms with Gasteiger partial charge in [-0.15, -0.1) is 0 Å². The fourth-order valence-electron chi connectivity index (χ4n) is 2.23. The number of rotatable bonds is 8. The minimum absolute atomic E-state index is 0.138. The normalized spacial score (nSPS) is 13.5. The van der Waals surface area contributed by atoms with E-state index in [1.807, 2.05) is 19.1 Å². The fourth-order valence-corrected chi connectivity index (χ4v) is 2.23. The van der Waals surface area contributed by atoms with Crippen LogP contribution in [0.5, 0.6) is 0 Å². The average molecular weight is 291 g/mol. The summed E-state index contributed by atoms with van der Waals surface area (Å²) in [4.78, 5) is 11.8. The average Bonchev–Trinajstić information content (AvgIpc) is 2.45. The zero-order chi connectivity index (χ0) is 15.7. The van der Waals surface area contributed by atoms with Crippen molar-refractivity contribution in [2.24, 2.45) is 0 Å². The van der Waals surface area contributed by atoms with Gasteiger partial charge in [0.1, 0.15) is 0 Å². The molecule has 0 aliphatic carbocycles. The van der Waals surface area contributed by atoms with Crippen molar-refractivity contribution < 1.29 is 4.79 Å². The van der Waals surface area contributed by atoms with Crippen LogP contribution in [-0.4, -0.2) is 18.6 Å². The number of benzene rings is 1. The highest BCUT2D eigenvalue weighted by Crippen LogP contribution is 2.16. The van der Waals surface area contributed by atoms with Crippen LogP contribution in [0.2, 0.25) is 0 Å². The van der Waals surface area contributed by atoms with Gasteiger partial charge in [0.25, 0.3) is 0 Å². The van der Waals surface area contributed by atoms with Crippen LogP contribution in [0.4, 0.5) is 10.5 Å². The van der Waals surface area contributed by atoms with Crippen LogP contribution in [0.3, 0.4) is 0 Å². The Balaban J connectivity index is 2.48. The van der Waals surface area contributed by atoms with Crippen LogP contribution in [0, 0.1) is 0 Å². The summed E-state index contributed by atoms with van der Waals surface area (Å²) in [6.07, 6.45) is 3.19. The van der Waals surface area contributed by atoms with Gasteiger partial charge in [-0.25, -0.2) is 4.79 Å². The Morgan fingerprint density at radius 2 is 1.76 bits per heavy atom. The summed E-state index contributed by atoms with van der Waals surface area (Å²) in [5, 5.41) is 9.25. The van der Waals surface area contributed by atoms with E-state index in [2.05, 4.69) is 48.9 Å². The fraction of sp³-hybridized carbons (Fsp3) is 0.588. The molecule has 0 radical (unpaired) electrons. The maximum atomic E-state index is 11.8. The molecule has 0 aliphatic heterocycles. The second-order valence-electron chi connectivity index (χ2n) is 5.59. The van der Waals surface area contributed by atoms with Gasteiger partial charge < -0.3 is 16.0 Å². The molecule has 0 aliphatic rings. The largest absolute Gasteiger partial charge is 0.335 e. The van der Waals surface area contributed by atoms with Crippen molar-refractivity contribution in [1.82, 2.24) is 10.6 Å². The molecule has 4 heteroatoms. The first-order valence-corrected chi connectivity index (χ1v) is 7.97. The van der Waals surface area contributed by atoms with Gasteiger partial charge in [-0.3, -0.25) is 0 Å². The third kappa shape index (κ3) is 6.63. The Bertz CT molecular complexity index is 417. The second kappa shape index (κ2) is 9.40. The molecular weight excluding hydrogens is 262 g/mol. The molecule has 0 saturated carbocycles. The maximum absolute atomic E-state index is 11.8. The minimum Gasteiger partial charge on any atom is -0.335 e. The second-order valence-corrected chi connectivity index (χ2v) is 5.59. The SMILES string of the molecule is CCCNC(C)c1ccc(NC(=O)NC(C)CCC)cc1. The summed E-state index contributed by atoms with van der Waals surface area (Å²) in [7, 11) is 0. The maximum Gasteiger partial charge on any atom is 0.319 e. The van der Waals surface area contributed by atoms with Gasteiger partial charge >= 0.3 is 6.03 Å². The lowest BCUT2D eigenvalue weighted by Gasteiger charge is -2.15. The first kappa shape index (κ1) is 17.5. The molecule has 21 heavy (non-hydrogen) atoms. The highest BCUT2D eigenvalue weighted by Gasteiger charge is 2.07. The van der Waals surface area contributed by atoms with E-state index in [0.29, 0.717) is 6.04 Å². The van der Waals surface area contributed by atoms with Crippen molar-refractivity contribution >= 4 is 11.7 Å².